The molecule has 3 heteroatoms. The lowest BCUT2D eigenvalue weighted by atomic mass is 9.98. The molecule has 0 aliphatic carbocycles. The van der Waals surface area contributed by atoms with E-state index in [0.29, 0.717) is 0 Å². The molecule has 2 aromatic heterocycles. The van der Waals surface area contributed by atoms with Crippen molar-refractivity contribution in [1.82, 2.24) is 0 Å². The highest BCUT2D eigenvalue weighted by Crippen LogP contribution is 2.47. The number of hydrogen-bond donors (Lipinski definition) is 0. The summed E-state index contributed by atoms with van der Waals surface area (Å²) in [7, 11) is 0. The summed E-state index contributed by atoms with van der Waals surface area (Å²) < 4.78 is 9.28. The van der Waals surface area contributed by atoms with Crippen molar-refractivity contribution in [2.75, 3.05) is 4.90 Å². The molecule has 0 aliphatic rings. The predicted octanol–water partition coefficient (Wildman–Crippen LogP) is 13.4. The van der Waals surface area contributed by atoms with E-state index >= 15 is 0 Å². The summed E-state index contributed by atoms with van der Waals surface area (Å²) in [6, 6.07) is 58.9. The van der Waals surface area contributed by atoms with Gasteiger partial charge < -0.3 is 9.32 Å². The van der Waals surface area contributed by atoms with E-state index in [1.165, 1.54) is 52.8 Å². The molecule has 8 aromatic carbocycles. The number of nitrogens with zero attached hydrogens (tertiary/aromatic N) is 1. The Morgan fingerprint density at radius 3 is 1.98 bits per heavy atom. The Hall–Kier alpha value is -5.90. The molecular weight excluding hydrogens is 591 g/mol. The van der Waals surface area contributed by atoms with E-state index in [4.69, 9.17) is 4.42 Å². The van der Waals surface area contributed by atoms with Crippen LogP contribution in [-0.2, 0) is 0 Å². The number of furan rings is 1. The minimum absolute atomic E-state index is 0.880. The first-order valence-electron chi connectivity index (χ1n) is 15.9. The Bertz CT molecular complexity index is 2810. The Morgan fingerprint density at radius 1 is 0.447 bits per heavy atom. The molecule has 10 rings (SSSR count). The summed E-state index contributed by atoms with van der Waals surface area (Å²) >= 11 is 1.87. The fourth-order valence-corrected chi connectivity index (χ4v) is 8.54. The van der Waals surface area contributed by atoms with Gasteiger partial charge in [0.1, 0.15) is 5.58 Å². The van der Waals surface area contributed by atoms with Crippen molar-refractivity contribution in [2.24, 2.45) is 0 Å². The number of benzene rings is 8. The van der Waals surface area contributed by atoms with Gasteiger partial charge >= 0.3 is 0 Å². The molecule has 0 atom stereocenters. The van der Waals surface area contributed by atoms with Crippen LogP contribution in [0.25, 0.3) is 74.8 Å². The highest BCUT2D eigenvalue weighted by atomic mass is 32.1. The van der Waals surface area contributed by atoms with Crippen LogP contribution in [0.15, 0.2) is 168 Å². The lowest BCUT2D eigenvalue weighted by Crippen LogP contribution is -2.11. The second kappa shape index (κ2) is 10.3. The number of anilines is 3. The van der Waals surface area contributed by atoms with Crippen LogP contribution in [0.3, 0.4) is 0 Å². The summed E-state index contributed by atoms with van der Waals surface area (Å²) in [5.41, 5.74) is 7.44. The highest BCUT2D eigenvalue weighted by Gasteiger charge is 2.22. The van der Waals surface area contributed by atoms with Crippen LogP contribution in [0.2, 0.25) is 0 Å². The maximum absolute atomic E-state index is 6.64. The first-order chi connectivity index (χ1) is 23.3. The van der Waals surface area contributed by atoms with E-state index in [-0.39, 0.29) is 0 Å². The minimum atomic E-state index is 0.880. The topological polar surface area (TPSA) is 16.4 Å². The quantitative estimate of drug-likeness (QED) is 0.183. The molecule has 0 amide bonds. The Kier molecular flexibility index (Phi) is 5.78. The number of hydrogen-bond acceptors (Lipinski definition) is 3. The minimum Gasteiger partial charge on any atom is -0.454 e. The fourth-order valence-electron chi connectivity index (χ4n) is 7.30. The van der Waals surface area contributed by atoms with E-state index in [2.05, 4.69) is 163 Å². The lowest BCUT2D eigenvalue weighted by Gasteiger charge is -2.27. The van der Waals surface area contributed by atoms with Crippen LogP contribution < -0.4 is 4.90 Å². The Balaban J connectivity index is 1.22. The van der Waals surface area contributed by atoms with E-state index in [1.54, 1.807) is 0 Å². The molecule has 0 unspecified atom stereocenters. The summed E-state index contributed by atoms with van der Waals surface area (Å²) in [6.07, 6.45) is 0. The lowest BCUT2D eigenvalue weighted by molar-refractivity contribution is 0.669. The predicted molar refractivity (Wildman–Crippen MR) is 202 cm³/mol. The molecule has 0 N–H and O–H groups in total. The summed E-state index contributed by atoms with van der Waals surface area (Å²) in [6.45, 7) is 0. The van der Waals surface area contributed by atoms with Gasteiger partial charge in [-0.1, -0.05) is 127 Å². The molecule has 0 saturated heterocycles. The van der Waals surface area contributed by atoms with Crippen LogP contribution in [0.4, 0.5) is 17.1 Å². The second-order valence-corrected chi connectivity index (χ2v) is 13.1. The van der Waals surface area contributed by atoms with Crippen LogP contribution in [0.5, 0.6) is 0 Å². The van der Waals surface area contributed by atoms with Gasteiger partial charge in [0.05, 0.1) is 11.4 Å². The molecule has 0 fully saturated rings. The summed E-state index contributed by atoms with van der Waals surface area (Å²) in [5.74, 6) is 0. The van der Waals surface area contributed by atoms with E-state index in [0.717, 1.165) is 39.0 Å². The molecule has 0 spiro atoms. The van der Waals surface area contributed by atoms with Gasteiger partial charge in [-0.15, -0.1) is 11.3 Å². The molecule has 0 bridgehead atoms. The Labute approximate surface area is 275 Å². The van der Waals surface area contributed by atoms with Crippen LogP contribution in [0, 0.1) is 0 Å². The molecule has 0 radical (unpaired) electrons. The third kappa shape index (κ3) is 4.04. The number of rotatable bonds is 4. The molecular formula is C44H27NOS. The maximum Gasteiger partial charge on any atom is 0.159 e. The van der Waals surface area contributed by atoms with Gasteiger partial charge in [-0.2, -0.15) is 0 Å². The van der Waals surface area contributed by atoms with Crippen molar-refractivity contribution in [2.45, 2.75) is 0 Å². The van der Waals surface area contributed by atoms with Crippen molar-refractivity contribution in [3.63, 3.8) is 0 Å². The summed E-state index contributed by atoms with van der Waals surface area (Å²) in [5, 5.41) is 9.75. The van der Waals surface area contributed by atoms with Crippen molar-refractivity contribution in [3.05, 3.63) is 164 Å². The zero-order valence-corrected chi connectivity index (χ0v) is 26.2. The molecule has 2 heterocycles. The molecule has 0 saturated carbocycles. The van der Waals surface area contributed by atoms with Crippen molar-refractivity contribution in [3.8, 4) is 11.1 Å². The van der Waals surface area contributed by atoms with E-state index in [1.807, 2.05) is 17.4 Å². The van der Waals surface area contributed by atoms with Gasteiger partial charge in [0, 0.05) is 42.0 Å². The first kappa shape index (κ1) is 26.3. The number of para-hydroxylation sites is 2. The zero-order chi connectivity index (χ0) is 30.9. The maximum atomic E-state index is 6.64. The SMILES string of the molecule is c1ccc2c(c1)cc(N(c1ccc(-c3cccc4c3sc3ccccc34)cc1)c1cccc3c1oc1ccccc13)c1ccccc12. The van der Waals surface area contributed by atoms with Gasteiger partial charge in [0.2, 0.25) is 0 Å². The summed E-state index contributed by atoms with van der Waals surface area (Å²) in [4.78, 5) is 2.38. The second-order valence-electron chi connectivity index (χ2n) is 12.1. The smallest absolute Gasteiger partial charge is 0.159 e. The third-order valence-corrected chi connectivity index (χ3v) is 10.7. The van der Waals surface area contributed by atoms with Crippen molar-refractivity contribution >= 4 is 92.1 Å². The largest absolute Gasteiger partial charge is 0.454 e. The third-order valence-electron chi connectivity index (χ3n) is 9.45. The molecule has 220 valence electrons. The number of fused-ring (bicyclic) bond motifs is 9. The average Bonchev–Trinajstić information content (AvgIpc) is 3.71. The average molecular weight is 618 g/mol. The van der Waals surface area contributed by atoms with Crippen LogP contribution in [-0.4, -0.2) is 0 Å². The highest BCUT2D eigenvalue weighted by molar-refractivity contribution is 7.26. The monoisotopic (exact) mass is 617 g/mol. The Morgan fingerprint density at radius 2 is 1.11 bits per heavy atom. The van der Waals surface area contributed by atoms with Crippen LogP contribution in [0.1, 0.15) is 0 Å². The fraction of sp³-hybridized carbons (Fsp3) is 0. The normalized spacial score (nSPS) is 11.8. The van der Waals surface area contributed by atoms with Gasteiger partial charge in [-0.05, 0) is 63.7 Å². The van der Waals surface area contributed by atoms with E-state index < -0.39 is 0 Å². The van der Waals surface area contributed by atoms with Gasteiger partial charge in [0.25, 0.3) is 0 Å². The van der Waals surface area contributed by atoms with Gasteiger partial charge in [-0.3, -0.25) is 0 Å². The van der Waals surface area contributed by atoms with E-state index in [9.17, 15) is 0 Å². The van der Waals surface area contributed by atoms with Crippen LogP contribution >= 0.6 is 11.3 Å². The standard InChI is InChI=1S/C44H27NOS/c1-2-12-31-29(11-1)27-40(34-14-4-3-13-33(31)34)45(39-20-10-18-37-35-15-5-7-21-41(35)46-43(37)39)30-25-23-28(24-26-30)32-17-9-19-38-36-16-6-8-22-42(36)47-44(32)38/h1-27H. The van der Waals surface area contributed by atoms with Gasteiger partial charge in [-0.25, -0.2) is 0 Å². The molecule has 10 aromatic rings. The molecule has 47 heavy (non-hydrogen) atoms. The molecule has 0 aliphatic heterocycles. The number of thiophene rings is 1. The zero-order valence-electron chi connectivity index (χ0n) is 25.4. The van der Waals surface area contributed by atoms with Gasteiger partial charge in [0.15, 0.2) is 5.58 Å². The van der Waals surface area contributed by atoms with Crippen molar-refractivity contribution in [1.29, 1.82) is 0 Å². The first-order valence-corrected chi connectivity index (χ1v) is 16.7. The van der Waals surface area contributed by atoms with Crippen molar-refractivity contribution < 1.29 is 4.42 Å². The molecule has 2 nitrogen and oxygen atoms in total.